The number of rotatable bonds is 7. The lowest BCUT2D eigenvalue weighted by Crippen LogP contribution is -2.53. The molecule has 0 saturated heterocycles. The fourth-order valence-electron chi connectivity index (χ4n) is 3.76. The van der Waals surface area contributed by atoms with Gasteiger partial charge in [-0.2, -0.15) is 0 Å². The Morgan fingerprint density at radius 3 is 2.72 bits per heavy atom. The highest BCUT2D eigenvalue weighted by Gasteiger charge is 2.61. The molecule has 8 nitrogen and oxygen atoms in total. The molecule has 1 saturated carbocycles. The number of nitrogens with zero attached hydrogens (tertiary/aromatic N) is 1. The van der Waals surface area contributed by atoms with Gasteiger partial charge in [-0.3, -0.25) is 4.79 Å². The standard InChI is InChI=1S/C23H39N3O5Si/c1-6-31-20(28)23-16-17(23)12-9-7-8-10-15-24-21(29)25-18(19(27)26-23)13-11-14-22(2,3)32(4,5)30/h9,12,15,17-18,30H,6-8,10-11,13-14,16H2,1-5H3,(H,25,29)(H,26,27)/b12-9-,24-15+/t17-,18-,23+/m0/s1. The first-order valence-corrected chi connectivity index (χ1v) is 14.6. The van der Waals surface area contributed by atoms with Gasteiger partial charge in [0.1, 0.15) is 11.6 Å². The molecule has 32 heavy (non-hydrogen) atoms. The highest BCUT2D eigenvalue weighted by atomic mass is 28.4. The minimum absolute atomic E-state index is 0.112. The number of allylic oxidation sites excluding steroid dienone is 1. The molecule has 3 atom stereocenters. The van der Waals surface area contributed by atoms with Crippen LogP contribution in [-0.2, 0) is 14.3 Å². The Morgan fingerprint density at radius 1 is 1.34 bits per heavy atom. The third-order valence-corrected chi connectivity index (χ3v) is 10.4. The number of hydrogen-bond donors (Lipinski definition) is 3. The second-order valence-corrected chi connectivity index (χ2v) is 14.5. The first kappa shape index (κ1) is 26.3. The van der Waals surface area contributed by atoms with E-state index in [0.717, 1.165) is 19.3 Å². The van der Waals surface area contributed by atoms with Crippen molar-refractivity contribution in [2.24, 2.45) is 10.9 Å². The summed E-state index contributed by atoms with van der Waals surface area (Å²) < 4.78 is 5.24. The Hall–Kier alpha value is -2.00. The number of hydrogen-bond acceptors (Lipinski definition) is 5. The van der Waals surface area contributed by atoms with Crippen molar-refractivity contribution in [3.05, 3.63) is 12.2 Å². The molecule has 0 aromatic heterocycles. The maximum absolute atomic E-state index is 13.2. The minimum atomic E-state index is -2.38. The first-order valence-electron chi connectivity index (χ1n) is 11.6. The number of fused-ring (bicyclic) bond motifs is 1. The average molecular weight is 466 g/mol. The monoisotopic (exact) mass is 465 g/mol. The topological polar surface area (TPSA) is 117 Å². The zero-order valence-electron chi connectivity index (χ0n) is 20.1. The van der Waals surface area contributed by atoms with Gasteiger partial charge in [0.05, 0.1) is 6.61 Å². The van der Waals surface area contributed by atoms with Crippen molar-refractivity contribution >= 4 is 32.4 Å². The van der Waals surface area contributed by atoms with Crippen LogP contribution >= 0.6 is 0 Å². The van der Waals surface area contributed by atoms with Crippen molar-refractivity contribution < 1.29 is 23.9 Å². The molecule has 180 valence electrons. The summed E-state index contributed by atoms with van der Waals surface area (Å²) >= 11 is 0. The van der Waals surface area contributed by atoms with Crippen LogP contribution in [0.5, 0.6) is 0 Å². The van der Waals surface area contributed by atoms with Crippen LogP contribution in [0.2, 0.25) is 18.1 Å². The van der Waals surface area contributed by atoms with Crippen LogP contribution < -0.4 is 10.6 Å². The van der Waals surface area contributed by atoms with Crippen LogP contribution in [-0.4, -0.2) is 55.4 Å². The van der Waals surface area contributed by atoms with Gasteiger partial charge in [0.2, 0.25) is 5.91 Å². The molecule has 0 aromatic carbocycles. The number of nitrogens with one attached hydrogen (secondary N) is 2. The highest BCUT2D eigenvalue weighted by molar-refractivity contribution is 6.72. The van der Waals surface area contributed by atoms with Gasteiger partial charge in [-0.15, -0.1) is 0 Å². The van der Waals surface area contributed by atoms with Gasteiger partial charge in [0, 0.05) is 12.1 Å². The summed E-state index contributed by atoms with van der Waals surface area (Å²) in [6.45, 7) is 9.85. The van der Waals surface area contributed by atoms with Crippen LogP contribution in [0.15, 0.2) is 17.1 Å². The number of aliphatic imine (C=N–C) groups is 1. The van der Waals surface area contributed by atoms with E-state index in [-0.39, 0.29) is 17.6 Å². The van der Waals surface area contributed by atoms with Crippen LogP contribution in [0, 0.1) is 5.92 Å². The van der Waals surface area contributed by atoms with E-state index in [1.54, 1.807) is 13.1 Å². The largest absolute Gasteiger partial charge is 0.464 e. The van der Waals surface area contributed by atoms with E-state index in [2.05, 4.69) is 15.6 Å². The maximum atomic E-state index is 13.2. The molecule has 3 amide bonds. The quantitative estimate of drug-likeness (QED) is 0.302. The molecule has 0 bridgehead atoms. The molecule has 0 spiro atoms. The summed E-state index contributed by atoms with van der Waals surface area (Å²) in [6, 6.07) is -1.38. The van der Waals surface area contributed by atoms with Crippen molar-refractivity contribution in [1.29, 1.82) is 0 Å². The summed E-state index contributed by atoms with van der Waals surface area (Å²) in [5.41, 5.74) is -1.07. The number of carbonyl (C=O) groups is 3. The predicted octanol–water partition coefficient (Wildman–Crippen LogP) is 3.46. The van der Waals surface area contributed by atoms with Gasteiger partial charge in [0.15, 0.2) is 8.32 Å². The summed E-state index contributed by atoms with van der Waals surface area (Å²) in [4.78, 5) is 52.6. The van der Waals surface area contributed by atoms with Crippen LogP contribution in [0.25, 0.3) is 0 Å². The van der Waals surface area contributed by atoms with Gasteiger partial charge in [0.25, 0.3) is 0 Å². The Balaban J connectivity index is 2.18. The fourth-order valence-corrected chi connectivity index (χ4v) is 4.55. The van der Waals surface area contributed by atoms with E-state index in [1.807, 2.05) is 39.1 Å². The molecule has 3 N–H and O–H groups in total. The molecule has 2 rings (SSSR count). The van der Waals surface area contributed by atoms with Crippen molar-refractivity contribution in [2.45, 2.75) is 95.4 Å². The highest BCUT2D eigenvalue weighted by Crippen LogP contribution is 2.46. The lowest BCUT2D eigenvalue weighted by Gasteiger charge is -2.35. The Morgan fingerprint density at radius 2 is 2.06 bits per heavy atom. The summed E-state index contributed by atoms with van der Waals surface area (Å²) in [5.74, 6) is -0.959. The zero-order chi connectivity index (χ0) is 24.0. The van der Waals surface area contributed by atoms with Gasteiger partial charge in [-0.1, -0.05) is 32.4 Å². The first-order chi connectivity index (χ1) is 14.9. The Bertz CT molecular complexity index is 759. The number of ether oxygens (including phenoxy) is 1. The predicted molar refractivity (Wildman–Crippen MR) is 127 cm³/mol. The van der Waals surface area contributed by atoms with E-state index in [0.29, 0.717) is 25.7 Å². The normalized spacial score (nSPS) is 29.1. The number of esters is 1. The van der Waals surface area contributed by atoms with Crippen LogP contribution in [0.1, 0.15) is 65.7 Å². The molecular formula is C23H39N3O5Si. The van der Waals surface area contributed by atoms with Crippen molar-refractivity contribution in [3.63, 3.8) is 0 Å². The molecule has 1 heterocycles. The van der Waals surface area contributed by atoms with Gasteiger partial charge in [-0.05, 0) is 63.6 Å². The Labute approximate surface area is 192 Å². The Kier molecular flexibility index (Phi) is 8.81. The van der Waals surface area contributed by atoms with E-state index in [4.69, 9.17) is 4.74 Å². The fraction of sp³-hybridized carbons (Fsp3) is 0.739. The summed E-state index contributed by atoms with van der Waals surface area (Å²) in [7, 11) is -2.38. The SMILES string of the molecule is CCOC(=O)[C@@]12C[C@@H]1/C=C\CCC/C=N/C(=O)N[C@@H](CCCC(C)(C)[Si](C)(C)O)C(=O)N2. The third-order valence-electron chi connectivity index (χ3n) is 6.85. The van der Waals surface area contributed by atoms with Gasteiger partial charge >= 0.3 is 12.0 Å². The zero-order valence-corrected chi connectivity index (χ0v) is 21.1. The minimum Gasteiger partial charge on any atom is -0.464 e. The molecular weight excluding hydrogens is 426 g/mol. The second-order valence-electron chi connectivity index (χ2n) is 10.00. The van der Waals surface area contributed by atoms with E-state index in [1.165, 1.54) is 0 Å². The molecule has 9 heteroatoms. The lowest BCUT2D eigenvalue weighted by atomic mass is 10.0. The number of urea groups is 1. The molecule has 0 unspecified atom stereocenters. The summed E-state index contributed by atoms with van der Waals surface area (Å²) in [6.07, 6.45) is 10.1. The van der Waals surface area contributed by atoms with Gasteiger partial charge < -0.3 is 20.2 Å². The molecule has 0 radical (unpaired) electrons. The maximum Gasteiger partial charge on any atom is 0.341 e. The average Bonchev–Trinajstić information content (AvgIpc) is 3.38. The molecule has 1 fully saturated rings. The van der Waals surface area contributed by atoms with E-state index < -0.39 is 37.8 Å². The second kappa shape index (κ2) is 10.7. The molecule has 1 aliphatic carbocycles. The molecule has 2 aliphatic rings. The van der Waals surface area contributed by atoms with E-state index in [9.17, 15) is 19.2 Å². The number of carbonyl (C=O) groups excluding carboxylic acids is 3. The third kappa shape index (κ3) is 6.75. The lowest BCUT2D eigenvalue weighted by molar-refractivity contribution is -0.149. The van der Waals surface area contributed by atoms with Gasteiger partial charge in [-0.25, -0.2) is 14.6 Å². The summed E-state index contributed by atoms with van der Waals surface area (Å²) in [5, 5.41) is 5.35. The van der Waals surface area contributed by atoms with E-state index >= 15 is 0 Å². The van der Waals surface area contributed by atoms with Crippen molar-refractivity contribution in [2.75, 3.05) is 6.61 Å². The van der Waals surface area contributed by atoms with Crippen LogP contribution in [0.3, 0.4) is 0 Å². The number of amides is 3. The molecule has 1 aliphatic heterocycles. The van der Waals surface area contributed by atoms with Crippen molar-refractivity contribution in [3.8, 4) is 0 Å². The molecule has 0 aromatic rings. The smallest absolute Gasteiger partial charge is 0.341 e. The van der Waals surface area contributed by atoms with Crippen molar-refractivity contribution in [1.82, 2.24) is 10.6 Å². The van der Waals surface area contributed by atoms with Crippen LogP contribution in [0.4, 0.5) is 4.79 Å².